The Hall–Kier alpha value is -4.11. The van der Waals surface area contributed by atoms with E-state index in [1.807, 2.05) is 38.1 Å². The third kappa shape index (κ3) is 5.75. The van der Waals surface area contributed by atoms with E-state index in [-0.39, 0.29) is 15.8 Å². The van der Waals surface area contributed by atoms with E-state index < -0.39 is 21.4 Å². The lowest BCUT2D eigenvalue weighted by atomic mass is 10.1. The number of aryl methyl sites for hydroxylation is 1. The molecule has 1 heterocycles. The van der Waals surface area contributed by atoms with Gasteiger partial charge in [-0.2, -0.15) is 0 Å². The first-order chi connectivity index (χ1) is 17.3. The first-order valence-electron chi connectivity index (χ1n) is 11.5. The number of fused-ring (bicyclic) bond motifs is 1. The molecular weight excluding hydrogens is 478 g/mol. The van der Waals surface area contributed by atoms with Crippen molar-refractivity contribution in [1.82, 2.24) is 10.3 Å². The number of sulfonamides is 1. The van der Waals surface area contributed by atoms with Gasteiger partial charge in [0.2, 0.25) is 5.43 Å². The van der Waals surface area contributed by atoms with Crippen molar-refractivity contribution in [3.63, 3.8) is 0 Å². The second-order valence-corrected chi connectivity index (χ2v) is 9.98. The van der Waals surface area contributed by atoms with Crippen molar-refractivity contribution < 1.29 is 17.9 Å². The van der Waals surface area contributed by atoms with Crippen molar-refractivity contribution in [3.05, 3.63) is 99.8 Å². The fourth-order valence-electron chi connectivity index (χ4n) is 3.70. The molecular formula is C27H27N3O5S. The van der Waals surface area contributed by atoms with E-state index in [1.54, 1.807) is 24.3 Å². The topological polar surface area (TPSA) is 117 Å². The SMILES string of the molecule is CCOc1ccc(NS(=O)(=O)c2ccc3[nH]cc(C(=O)NCCc4ccc(C)cc4)c(=O)c3c2)cc1. The standard InChI is InChI=1S/C27H27N3O5S/c1-3-35-21-10-8-20(9-11-21)30-36(33,34)22-12-13-25-23(16-22)26(31)24(17-29-25)27(32)28-15-14-19-6-4-18(2)5-7-19/h4-13,16-17,30H,3,14-15H2,1-2H3,(H,28,32)(H,29,31). The van der Waals surface area contributed by atoms with Gasteiger partial charge in [-0.3, -0.25) is 14.3 Å². The Morgan fingerprint density at radius 1 is 1.00 bits per heavy atom. The van der Waals surface area contributed by atoms with Crippen molar-refractivity contribution in [2.75, 3.05) is 17.9 Å². The van der Waals surface area contributed by atoms with Crippen LogP contribution in [0.3, 0.4) is 0 Å². The molecule has 186 valence electrons. The number of aromatic nitrogens is 1. The summed E-state index contributed by atoms with van der Waals surface area (Å²) in [6, 6.07) is 18.7. The number of H-pyrrole nitrogens is 1. The molecule has 1 aromatic heterocycles. The molecule has 0 unspecified atom stereocenters. The number of rotatable bonds is 9. The van der Waals surface area contributed by atoms with Gasteiger partial charge in [-0.05, 0) is 68.3 Å². The molecule has 4 rings (SSSR count). The highest BCUT2D eigenvalue weighted by atomic mass is 32.2. The van der Waals surface area contributed by atoms with Crippen LogP contribution < -0.4 is 20.2 Å². The molecule has 8 nitrogen and oxygen atoms in total. The number of hydrogen-bond acceptors (Lipinski definition) is 5. The second kappa shape index (κ2) is 10.7. The van der Waals surface area contributed by atoms with E-state index in [2.05, 4.69) is 15.0 Å². The summed E-state index contributed by atoms with van der Waals surface area (Å²) in [5.74, 6) is 0.105. The summed E-state index contributed by atoms with van der Waals surface area (Å²) < 4.78 is 33.8. The molecule has 0 radical (unpaired) electrons. The average Bonchev–Trinajstić information content (AvgIpc) is 2.86. The van der Waals surface area contributed by atoms with Crippen LogP contribution >= 0.6 is 0 Å². The van der Waals surface area contributed by atoms with E-state index in [1.165, 1.54) is 24.4 Å². The number of amides is 1. The summed E-state index contributed by atoms with van der Waals surface area (Å²) in [7, 11) is -3.97. The summed E-state index contributed by atoms with van der Waals surface area (Å²) in [5, 5.41) is 2.87. The van der Waals surface area contributed by atoms with E-state index in [9.17, 15) is 18.0 Å². The number of ether oxygens (including phenoxy) is 1. The van der Waals surface area contributed by atoms with Crippen LogP contribution in [0.4, 0.5) is 5.69 Å². The predicted molar refractivity (Wildman–Crippen MR) is 140 cm³/mol. The second-order valence-electron chi connectivity index (χ2n) is 8.29. The minimum absolute atomic E-state index is 0.0829. The summed E-state index contributed by atoms with van der Waals surface area (Å²) in [5.41, 5.74) is 2.38. The third-order valence-corrected chi connectivity index (χ3v) is 7.02. The summed E-state index contributed by atoms with van der Waals surface area (Å²) in [4.78, 5) is 28.6. The number of nitrogens with one attached hydrogen (secondary N) is 3. The minimum Gasteiger partial charge on any atom is -0.494 e. The highest BCUT2D eigenvalue weighted by Gasteiger charge is 2.18. The molecule has 0 aliphatic heterocycles. The van der Waals surface area contributed by atoms with Gasteiger partial charge in [0.25, 0.3) is 15.9 Å². The van der Waals surface area contributed by atoms with Crippen molar-refractivity contribution >= 4 is 32.5 Å². The van der Waals surface area contributed by atoms with Crippen LogP contribution in [0.15, 0.2) is 82.6 Å². The average molecular weight is 506 g/mol. The molecule has 0 saturated heterocycles. The smallest absolute Gasteiger partial charge is 0.261 e. The molecule has 3 N–H and O–H groups in total. The van der Waals surface area contributed by atoms with Gasteiger partial charge in [-0.25, -0.2) is 8.42 Å². The van der Waals surface area contributed by atoms with Crippen molar-refractivity contribution in [2.45, 2.75) is 25.2 Å². The molecule has 0 atom stereocenters. The molecule has 1 amide bonds. The Morgan fingerprint density at radius 2 is 1.72 bits per heavy atom. The van der Waals surface area contributed by atoms with Crippen LogP contribution in [-0.4, -0.2) is 32.5 Å². The number of anilines is 1. The van der Waals surface area contributed by atoms with E-state index >= 15 is 0 Å². The number of pyridine rings is 1. The van der Waals surface area contributed by atoms with Gasteiger partial charge in [0.15, 0.2) is 0 Å². The Labute approximate surface area is 209 Å². The summed E-state index contributed by atoms with van der Waals surface area (Å²) >= 11 is 0. The highest BCUT2D eigenvalue weighted by molar-refractivity contribution is 7.92. The monoisotopic (exact) mass is 505 g/mol. The first-order valence-corrected chi connectivity index (χ1v) is 13.0. The molecule has 4 aromatic rings. The largest absolute Gasteiger partial charge is 0.494 e. The van der Waals surface area contributed by atoms with Gasteiger partial charge < -0.3 is 15.0 Å². The molecule has 0 aliphatic rings. The minimum atomic E-state index is -3.97. The van der Waals surface area contributed by atoms with Gasteiger partial charge in [0.1, 0.15) is 11.3 Å². The molecule has 9 heteroatoms. The molecule has 0 bridgehead atoms. The van der Waals surface area contributed by atoms with Crippen molar-refractivity contribution in [1.29, 1.82) is 0 Å². The van der Waals surface area contributed by atoms with Gasteiger partial charge in [-0.15, -0.1) is 0 Å². The Kier molecular flexibility index (Phi) is 7.40. The van der Waals surface area contributed by atoms with Crippen molar-refractivity contribution in [3.8, 4) is 5.75 Å². The lowest BCUT2D eigenvalue weighted by Crippen LogP contribution is -2.30. The highest BCUT2D eigenvalue weighted by Crippen LogP contribution is 2.21. The normalized spacial score (nSPS) is 11.3. The third-order valence-electron chi connectivity index (χ3n) is 5.64. The maximum atomic E-state index is 13.1. The van der Waals surface area contributed by atoms with Crippen molar-refractivity contribution in [2.24, 2.45) is 0 Å². The maximum absolute atomic E-state index is 13.1. The zero-order chi connectivity index (χ0) is 25.7. The van der Waals surface area contributed by atoms with E-state index in [0.29, 0.717) is 36.5 Å². The van der Waals surface area contributed by atoms with Crippen LogP contribution in [0.25, 0.3) is 10.9 Å². The molecule has 0 saturated carbocycles. The number of benzene rings is 3. The molecule has 0 aliphatic carbocycles. The number of carbonyl (C=O) groups is 1. The number of aromatic amines is 1. The van der Waals surface area contributed by atoms with E-state index in [0.717, 1.165) is 11.1 Å². The maximum Gasteiger partial charge on any atom is 0.261 e. The molecule has 36 heavy (non-hydrogen) atoms. The molecule has 0 spiro atoms. The van der Waals surface area contributed by atoms with Gasteiger partial charge >= 0.3 is 0 Å². The van der Waals surface area contributed by atoms with Gasteiger partial charge in [0.05, 0.1) is 11.5 Å². The van der Waals surface area contributed by atoms with Crippen LogP contribution in [0.2, 0.25) is 0 Å². The zero-order valence-corrected chi connectivity index (χ0v) is 20.8. The van der Waals surface area contributed by atoms with Crippen LogP contribution in [0, 0.1) is 6.92 Å². The van der Waals surface area contributed by atoms with Crippen LogP contribution in [-0.2, 0) is 16.4 Å². The quantitative estimate of drug-likeness (QED) is 0.318. The fourth-order valence-corrected chi connectivity index (χ4v) is 4.79. The van der Waals surface area contributed by atoms with E-state index in [4.69, 9.17) is 4.74 Å². The Bertz CT molecular complexity index is 1540. The van der Waals surface area contributed by atoms with Crippen LogP contribution in [0.5, 0.6) is 5.75 Å². The fraction of sp³-hybridized carbons (Fsp3) is 0.185. The lowest BCUT2D eigenvalue weighted by molar-refractivity contribution is 0.0953. The molecule has 3 aromatic carbocycles. The van der Waals surface area contributed by atoms with Gasteiger partial charge in [-0.1, -0.05) is 29.8 Å². The first kappa shape index (κ1) is 25.0. The Morgan fingerprint density at radius 3 is 2.42 bits per heavy atom. The summed E-state index contributed by atoms with van der Waals surface area (Å²) in [6.45, 7) is 4.73. The predicted octanol–water partition coefficient (Wildman–Crippen LogP) is 4.01. The summed E-state index contributed by atoms with van der Waals surface area (Å²) in [6.07, 6.45) is 1.97. The number of carbonyl (C=O) groups excluding carboxylic acids is 1. The molecule has 0 fully saturated rings. The Balaban J connectivity index is 1.52. The zero-order valence-electron chi connectivity index (χ0n) is 20.0. The number of hydrogen-bond donors (Lipinski definition) is 3. The lowest BCUT2D eigenvalue weighted by Gasteiger charge is -2.10. The van der Waals surface area contributed by atoms with Gasteiger partial charge in [0, 0.05) is 29.3 Å². The van der Waals surface area contributed by atoms with Crippen LogP contribution in [0.1, 0.15) is 28.4 Å².